The Balaban J connectivity index is 2.43. The van der Waals surface area contributed by atoms with Gasteiger partial charge in [-0.05, 0) is 17.7 Å². The second kappa shape index (κ2) is 8.82. The molecular weight excluding hydrogens is 250 g/mol. The van der Waals surface area contributed by atoms with Crippen LogP contribution in [0.1, 0.15) is 12.0 Å². The van der Waals surface area contributed by atoms with E-state index in [2.05, 4.69) is 11.2 Å². The monoisotopic (exact) mass is 267 g/mol. The molecule has 0 saturated heterocycles. The van der Waals surface area contributed by atoms with Gasteiger partial charge in [-0.3, -0.25) is 0 Å². The fourth-order valence-corrected chi connectivity index (χ4v) is 1.66. The normalized spacial score (nSPS) is 10.1. The Morgan fingerprint density at radius 2 is 2.22 bits per heavy atom. The molecule has 0 unspecified atom stereocenters. The van der Waals surface area contributed by atoms with E-state index in [9.17, 15) is 0 Å². The number of benzene rings is 1. The lowest BCUT2D eigenvalue weighted by molar-refractivity contribution is 0.199. The summed E-state index contributed by atoms with van der Waals surface area (Å²) in [4.78, 5) is 0. The van der Waals surface area contributed by atoms with Crippen molar-refractivity contribution in [3.8, 4) is 18.1 Å². The Kier molecular flexibility index (Phi) is 7.28. The summed E-state index contributed by atoms with van der Waals surface area (Å²) in [6.07, 6.45) is 5.73. The summed E-state index contributed by atoms with van der Waals surface area (Å²) in [5.41, 5.74) is 1.11. The van der Waals surface area contributed by atoms with Crippen molar-refractivity contribution in [1.82, 2.24) is 5.32 Å². The second-order valence-electron chi connectivity index (χ2n) is 3.74. The second-order valence-corrected chi connectivity index (χ2v) is 4.14. The predicted octanol–water partition coefficient (Wildman–Crippen LogP) is 2.48. The minimum absolute atomic E-state index is 0.488. The molecule has 0 atom stereocenters. The van der Waals surface area contributed by atoms with Gasteiger partial charge in [-0.1, -0.05) is 17.7 Å². The third-order valence-electron chi connectivity index (χ3n) is 2.31. The van der Waals surface area contributed by atoms with Crippen molar-refractivity contribution < 1.29 is 9.47 Å². The lowest BCUT2D eigenvalue weighted by Crippen LogP contribution is -2.18. The van der Waals surface area contributed by atoms with Gasteiger partial charge >= 0.3 is 0 Å². The quantitative estimate of drug-likeness (QED) is 0.580. The molecule has 3 nitrogen and oxygen atoms in total. The first-order chi connectivity index (χ1) is 8.77. The van der Waals surface area contributed by atoms with Gasteiger partial charge in [0.05, 0.1) is 18.2 Å². The maximum atomic E-state index is 6.12. The van der Waals surface area contributed by atoms with Gasteiger partial charge in [0.1, 0.15) is 5.75 Å². The molecule has 0 amide bonds. The van der Waals surface area contributed by atoms with Crippen LogP contribution in [0.25, 0.3) is 0 Å². The first kappa shape index (κ1) is 14.8. The van der Waals surface area contributed by atoms with E-state index >= 15 is 0 Å². The third kappa shape index (κ3) is 5.42. The minimum atomic E-state index is 0.488. The average Bonchev–Trinajstić information content (AvgIpc) is 2.37. The number of rotatable bonds is 8. The van der Waals surface area contributed by atoms with Crippen LogP contribution in [0.5, 0.6) is 5.75 Å². The fraction of sp³-hybridized carbons (Fsp3) is 0.429. The maximum absolute atomic E-state index is 6.12. The van der Waals surface area contributed by atoms with E-state index in [0.717, 1.165) is 18.7 Å². The Morgan fingerprint density at radius 1 is 1.39 bits per heavy atom. The molecule has 0 heterocycles. The molecule has 98 valence electrons. The molecular formula is C14H18ClNO2. The number of hydrogen-bond acceptors (Lipinski definition) is 3. The van der Waals surface area contributed by atoms with Crippen LogP contribution in [0.3, 0.4) is 0 Å². The Labute approximate surface area is 113 Å². The van der Waals surface area contributed by atoms with Gasteiger partial charge in [0.25, 0.3) is 0 Å². The zero-order valence-electron chi connectivity index (χ0n) is 10.5. The standard InChI is InChI=1S/C14H18ClNO2/c1-3-4-8-18-14-6-5-12(10-13(14)15)11-16-7-9-17-2/h1,5-6,10,16H,4,7-9,11H2,2H3. The van der Waals surface area contributed by atoms with Gasteiger partial charge < -0.3 is 14.8 Å². The molecule has 1 aromatic carbocycles. The van der Waals surface area contributed by atoms with Gasteiger partial charge in [0.15, 0.2) is 0 Å². The number of nitrogens with one attached hydrogen (secondary N) is 1. The SMILES string of the molecule is C#CCCOc1ccc(CNCCOC)cc1Cl. The number of halogens is 1. The fourth-order valence-electron chi connectivity index (χ4n) is 1.40. The summed E-state index contributed by atoms with van der Waals surface area (Å²) in [6.45, 7) is 2.75. The van der Waals surface area contributed by atoms with Crippen molar-refractivity contribution in [2.45, 2.75) is 13.0 Å². The van der Waals surface area contributed by atoms with E-state index in [1.165, 1.54) is 0 Å². The Morgan fingerprint density at radius 3 is 2.89 bits per heavy atom. The Bertz CT molecular complexity index is 401. The van der Waals surface area contributed by atoms with Crippen molar-refractivity contribution in [2.24, 2.45) is 0 Å². The summed E-state index contributed by atoms with van der Waals surface area (Å²) in [5.74, 6) is 3.19. The van der Waals surface area contributed by atoms with Gasteiger partial charge in [-0.25, -0.2) is 0 Å². The molecule has 18 heavy (non-hydrogen) atoms. The lowest BCUT2D eigenvalue weighted by Gasteiger charge is -2.09. The van der Waals surface area contributed by atoms with E-state index < -0.39 is 0 Å². The van der Waals surface area contributed by atoms with Gasteiger partial charge in [0.2, 0.25) is 0 Å². The first-order valence-corrected chi connectivity index (χ1v) is 6.20. The molecule has 1 N–H and O–H groups in total. The first-order valence-electron chi connectivity index (χ1n) is 5.82. The average molecular weight is 268 g/mol. The molecule has 0 aromatic heterocycles. The highest BCUT2D eigenvalue weighted by Crippen LogP contribution is 2.25. The van der Waals surface area contributed by atoms with Crippen LogP contribution in [0.4, 0.5) is 0 Å². The molecule has 0 aliphatic carbocycles. The van der Waals surface area contributed by atoms with Gasteiger partial charge in [-0.15, -0.1) is 12.3 Å². The van der Waals surface area contributed by atoms with E-state index in [1.807, 2.05) is 18.2 Å². The lowest BCUT2D eigenvalue weighted by atomic mass is 10.2. The minimum Gasteiger partial charge on any atom is -0.491 e. The van der Waals surface area contributed by atoms with Crippen molar-refractivity contribution in [3.05, 3.63) is 28.8 Å². The molecule has 0 bridgehead atoms. The smallest absolute Gasteiger partial charge is 0.137 e. The summed E-state index contributed by atoms with van der Waals surface area (Å²) in [6, 6.07) is 5.75. The zero-order chi connectivity index (χ0) is 13.2. The van der Waals surface area contributed by atoms with Gasteiger partial charge in [-0.2, -0.15) is 0 Å². The largest absolute Gasteiger partial charge is 0.491 e. The molecule has 1 aromatic rings. The summed E-state index contributed by atoms with van der Waals surface area (Å²) in [7, 11) is 1.68. The van der Waals surface area contributed by atoms with Crippen LogP contribution < -0.4 is 10.1 Å². The summed E-state index contributed by atoms with van der Waals surface area (Å²) in [5, 5.41) is 3.86. The van der Waals surface area contributed by atoms with Crippen LogP contribution in [0.2, 0.25) is 5.02 Å². The number of hydrogen-bond donors (Lipinski definition) is 1. The van der Waals surface area contributed by atoms with E-state index in [4.69, 9.17) is 27.5 Å². The van der Waals surface area contributed by atoms with E-state index in [0.29, 0.717) is 30.4 Å². The highest BCUT2D eigenvalue weighted by atomic mass is 35.5. The molecule has 0 aliphatic heterocycles. The molecule has 4 heteroatoms. The van der Waals surface area contributed by atoms with Crippen molar-refractivity contribution >= 4 is 11.6 Å². The zero-order valence-corrected chi connectivity index (χ0v) is 11.3. The van der Waals surface area contributed by atoms with Crippen molar-refractivity contribution in [1.29, 1.82) is 0 Å². The van der Waals surface area contributed by atoms with Gasteiger partial charge in [0, 0.05) is 26.6 Å². The molecule has 1 rings (SSSR count). The number of methoxy groups -OCH3 is 1. The van der Waals surface area contributed by atoms with Crippen LogP contribution in [0.15, 0.2) is 18.2 Å². The molecule has 0 radical (unpaired) electrons. The van der Waals surface area contributed by atoms with Crippen molar-refractivity contribution in [3.63, 3.8) is 0 Å². The topological polar surface area (TPSA) is 30.5 Å². The predicted molar refractivity (Wildman–Crippen MR) is 74.0 cm³/mol. The van der Waals surface area contributed by atoms with Crippen LogP contribution in [-0.2, 0) is 11.3 Å². The van der Waals surface area contributed by atoms with Crippen LogP contribution in [0, 0.1) is 12.3 Å². The molecule has 0 saturated carbocycles. The molecule has 0 fully saturated rings. The summed E-state index contributed by atoms with van der Waals surface area (Å²) >= 11 is 6.12. The van der Waals surface area contributed by atoms with Crippen LogP contribution in [-0.4, -0.2) is 26.9 Å². The maximum Gasteiger partial charge on any atom is 0.137 e. The molecule has 0 spiro atoms. The van der Waals surface area contributed by atoms with Crippen molar-refractivity contribution in [2.75, 3.05) is 26.9 Å². The Hall–Kier alpha value is -1.21. The highest BCUT2D eigenvalue weighted by Gasteiger charge is 2.02. The number of ether oxygens (including phenoxy) is 2. The van der Waals surface area contributed by atoms with Crippen LogP contribution >= 0.6 is 11.6 Å². The third-order valence-corrected chi connectivity index (χ3v) is 2.61. The highest BCUT2D eigenvalue weighted by molar-refractivity contribution is 6.32. The molecule has 0 aliphatic rings. The summed E-state index contributed by atoms with van der Waals surface area (Å²) < 4.78 is 10.4. The van der Waals surface area contributed by atoms with E-state index in [-0.39, 0.29) is 0 Å². The van der Waals surface area contributed by atoms with E-state index in [1.54, 1.807) is 7.11 Å². The number of terminal acetylenes is 1.